The molecule has 0 amide bonds. The zero-order valence-electron chi connectivity index (χ0n) is 11.5. The van der Waals surface area contributed by atoms with E-state index in [1.165, 1.54) is 23.9 Å². The van der Waals surface area contributed by atoms with Crippen molar-refractivity contribution in [1.29, 1.82) is 0 Å². The molecule has 22 heavy (non-hydrogen) atoms. The first-order valence-corrected chi connectivity index (χ1v) is 7.64. The maximum absolute atomic E-state index is 14.1. The minimum absolute atomic E-state index is 0.0678. The normalized spacial score (nSPS) is 11.0. The van der Waals surface area contributed by atoms with Crippen LogP contribution in [0.25, 0.3) is 10.9 Å². The number of carboxylic acid groups (broad SMARTS) is 1. The molecule has 112 valence electrons. The van der Waals surface area contributed by atoms with Crippen LogP contribution in [0.3, 0.4) is 0 Å². The van der Waals surface area contributed by atoms with Crippen molar-refractivity contribution < 1.29 is 14.3 Å². The molecule has 0 fully saturated rings. The number of aromatic carboxylic acids is 1. The van der Waals surface area contributed by atoms with Gasteiger partial charge in [0.05, 0.1) is 16.1 Å². The van der Waals surface area contributed by atoms with Crippen molar-refractivity contribution in [2.24, 2.45) is 0 Å². The van der Waals surface area contributed by atoms with Gasteiger partial charge in [-0.3, -0.25) is 0 Å². The molecule has 0 unspecified atom stereocenters. The third-order valence-electron chi connectivity index (χ3n) is 3.29. The van der Waals surface area contributed by atoms with E-state index in [-0.39, 0.29) is 10.6 Å². The highest BCUT2D eigenvalue weighted by molar-refractivity contribution is 7.99. The summed E-state index contributed by atoms with van der Waals surface area (Å²) in [5.74, 6) is -1.45. The molecule has 3 rings (SSSR count). The Balaban J connectivity index is 2.08. The number of aromatic nitrogens is 1. The van der Waals surface area contributed by atoms with E-state index < -0.39 is 11.8 Å². The number of carboxylic acids is 1. The number of benzene rings is 2. The van der Waals surface area contributed by atoms with Crippen molar-refractivity contribution in [3.8, 4) is 0 Å². The molecule has 0 bridgehead atoms. The Morgan fingerprint density at radius 3 is 2.82 bits per heavy atom. The predicted molar refractivity (Wildman–Crippen MR) is 85.5 cm³/mol. The van der Waals surface area contributed by atoms with E-state index >= 15 is 0 Å². The summed E-state index contributed by atoms with van der Waals surface area (Å²) in [5, 5.41) is 9.84. The molecule has 2 N–H and O–H groups in total. The zero-order chi connectivity index (χ0) is 15.9. The highest BCUT2D eigenvalue weighted by Gasteiger charge is 2.15. The maximum atomic E-state index is 14.1. The van der Waals surface area contributed by atoms with Crippen LogP contribution in [0.4, 0.5) is 4.39 Å². The number of rotatable bonds is 3. The minimum atomic E-state index is -0.976. The first-order valence-electron chi connectivity index (χ1n) is 6.45. The molecular weight excluding hydrogens is 325 g/mol. The maximum Gasteiger partial charge on any atom is 0.335 e. The van der Waals surface area contributed by atoms with Crippen molar-refractivity contribution in [2.75, 3.05) is 0 Å². The molecule has 0 aliphatic carbocycles. The Morgan fingerprint density at radius 2 is 2.09 bits per heavy atom. The number of hydrogen-bond acceptors (Lipinski definition) is 2. The average molecular weight is 336 g/mol. The average Bonchev–Trinajstić information content (AvgIpc) is 2.80. The summed E-state index contributed by atoms with van der Waals surface area (Å²) >= 11 is 7.19. The van der Waals surface area contributed by atoms with Gasteiger partial charge in [0.2, 0.25) is 0 Å². The van der Waals surface area contributed by atoms with Gasteiger partial charge in [-0.1, -0.05) is 29.4 Å². The molecule has 0 radical (unpaired) electrons. The number of hydrogen-bond donors (Lipinski definition) is 2. The van der Waals surface area contributed by atoms with E-state index in [2.05, 4.69) is 4.98 Å². The van der Waals surface area contributed by atoms with Gasteiger partial charge in [-0.15, -0.1) is 0 Å². The number of nitrogens with one attached hydrogen (secondary N) is 1. The van der Waals surface area contributed by atoms with Crippen molar-refractivity contribution in [3.05, 3.63) is 58.5 Å². The highest BCUT2D eigenvalue weighted by atomic mass is 35.5. The Bertz CT molecular complexity index is 891. The minimum Gasteiger partial charge on any atom is -0.478 e. The molecule has 0 saturated carbocycles. The van der Waals surface area contributed by atoms with Gasteiger partial charge in [0.1, 0.15) is 0 Å². The number of aromatic amines is 1. The van der Waals surface area contributed by atoms with Crippen molar-refractivity contribution in [3.63, 3.8) is 0 Å². The second-order valence-electron chi connectivity index (χ2n) is 4.80. The fraction of sp³-hybridized carbons (Fsp3) is 0.0625. The standard InChI is InChI=1S/C16H11ClFNO2S/c1-8-15(11-5-6-12(17)13(18)14(11)19-8)22-10-4-2-3-9(7-10)16(20)21/h2-7,19H,1H3,(H,20,21). The van der Waals surface area contributed by atoms with Gasteiger partial charge < -0.3 is 10.1 Å². The number of fused-ring (bicyclic) bond motifs is 1. The van der Waals surface area contributed by atoms with Crippen molar-refractivity contribution in [1.82, 2.24) is 4.98 Å². The fourth-order valence-electron chi connectivity index (χ4n) is 2.25. The predicted octanol–water partition coefficient (Wildman–Crippen LogP) is 5.12. The second-order valence-corrected chi connectivity index (χ2v) is 6.29. The van der Waals surface area contributed by atoms with E-state index in [1.807, 2.05) is 13.0 Å². The van der Waals surface area contributed by atoms with Crippen LogP contribution < -0.4 is 0 Å². The van der Waals surface area contributed by atoms with Crippen LogP contribution in [0.1, 0.15) is 16.1 Å². The Labute approximate surface area is 135 Å². The number of aryl methyl sites for hydroxylation is 1. The lowest BCUT2D eigenvalue weighted by Crippen LogP contribution is -1.95. The van der Waals surface area contributed by atoms with Gasteiger partial charge in [0.15, 0.2) is 5.82 Å². The third-order valence-corrected chi connectivity index (χ3v) is 4.81. The molecule has 2 aromatic carbocycles. The summed E-state index contributed by atoms with van der Waals surface area (Å²) in [4.78, 5) is 15.7. The number of halogens is 2. The Morgan fingerprint density at radius 1 is 1.32 bits per heavy atom. The second kappa shape index (κ2) is 5.66. The number of carbonyl (C=O) groups is 1. The fourth-order valence-corrected chi connectivity index (χ4v) is 3.46. The van der Waals surface area contributed by atoms with E-state index in [9.17, 15) is 9.18 Å². The van der Waals surface area contributed by atoms with Crippen LogP contribution in [0.5, 0.6) is 0 Å². The summed E-state index contributed by atoms with van der Waals surface area (Å²) in [6.07, 6.45) is 0. The molecule has 0 spiro atoms. The van der Waals surface area contributed by atoms with Gasteiger partial charge >= 0.3 is 5.97 Å². The monoisotopic (exact) mass is 335 g/mol. The van der Waals surface area contributed by atoms with Gasteiger partial charge in [-0.25, -0.2) is 9.18 Å². The third kappa shape index (κ3) is 2.58. The van der Waals surface area contributed by atoms with Crippen LogP contribution >= 0.6 is 23.4 Å². The van der Waals surface area contributed by atoms with E-state index in [0.717, 1.165) is 20.9 Å². The lowest BCUT2D eigenvalue weighted by atomic mass is 10.2. The summed E-state index contributed by atoms with van der Waals surface area (Å²) in [7, 11) is 0. The number of H-pyrrole nitrogens is 1. The van der Waals surface area contributed by atoms with E-state index in [1.54, 1.807) is 18.2 Å². The van der Waals surface area contributed by atoms with Gasteiger partial charge in [0.25, 0.3) is 0 Å². The Hall–Kier alpha value is -1.98. The SMILES string of the molecule is Cc1[nH]c2c(F)c(Cl)ccc2c1Sc1cccc(C(=O)O)c1. The molecular formula is C16H11ClFNO2S. The molecule has 3 nitrogen and oxygen atoms in total. The molecule has 0 aliphatic heterocycles. The van der Waals surface area contributed by atoms with Crippen LogP contribution in [0.15, 0.2) is 46.2 Å². The lowest BCUT2D eigenvalue weighted by molar-refractivity contribution is 0.0696. The summed E-state index contributed by atoms with van der Waals surface area (Å²) in [6.45, 7) is 1.84. The van der Waals surface area contributed by atoms with E-state index in [0.29, 0.717) is 5.52 Å². The van der Waals surface area contributed by atoms with E-state index in [4.69, 9.17) is 16.7 Å². The largest absolute Gasteiger partial charge is 0.478 e. The van der Waals surface area contributed by atoms with Crippen LogP contribution in [0, 0.1) is 12.7 Å². The molecule has 1 heterocycles. The lowest BCUT2D eigenvalue weighted by Gasteiger charge is -2.03. The molecule has 0 aliphatic rings. The molecule has 0 saturated heterocycles. The van der Waals surface area contributed by atoms with Crippen molar-refractivity contribution >= 4 is 40.2 Å². The van der Waals surface area contributed by atoms with Crippen LogP contribution in [0.2, 0.25) is 5.02 Å². The molecule has 6 heteroatoms. The Kier molecular flexibility index (Phi) is 3.85. The molecule has 3 aromatic rings. The smallest absolute Gasteiger partial charge is 0.335 e. The van der Waals surface area contributed by atoms with Gasteiger partial charge in [-0.05, 0) is 37.3 Å². The summed E-state index contributed by atoms with van der Waals surface area (Å²) in [5.41, 5.74) is 1.39. The molecule has 1 aromatic heterocycles. The summed E-state index contributed by atoms with van der Waals surface area (Å²) in [6, 6.07) is 9.92. The quantitative estimate of drug-likeness (QED) is 0.698. The van der Waals surface area contributed by atoms with Crippen LogP contribution in [-0.4, -0.2) is 16.1 Å². The summed E-state index contributed by atoms with van der Waals surface area (Å²) < 4.78 is 14.1. The first kappa shape index (κ1) is 14.9. The topological polar surface area (TPSA) is 53.1 Å². The van der Waals surface area contributed by atoms with Crippen molar-refractivity contribution in [2.45, 2.75) is 16.7 Å². The highest BCUT2D eigenvalue weighted by Crippen LogP contribution is 2.38. The zero-order valence-corrected chi connectivity index (χ0v) is 13.1. The van der Waals surface area contributed by atoms with Gasteiger partial charge in [0, 0.05) is 20.9 Å². The molecule has 0 atom stereocenters. The van der Waals surface area contributed by atoms with Crippen LogP contribution in [-0.2, 0) is 0 Å². The first-order chi connectivity index (χ1) is 10.5. The van der Waals surface area contributed by atoms with Gasteiger partial charge in [-0.2, -0.15) is 0 Å².